The molecule has 0 radical (unpaired) electrons. The highest BCUT2D eigenvalue weighted by Gasteiger charge is 2.21. The lowest BCUT2D eigenvalue weighted by Gasteiger charge is -2.17. The van der Waals surface area contributed by atoms with Gasteiger partial charge in [0.2, 0.25) is 11.3 Å². The van der Waals surface area contributed by atoms with Gasteiger partial charge in [0.25, 0.3) is 5.56 Å². The van der Waals surface area contributed by atoms with Crippen molar-refractivity contribution in [3.05, 3.63) is 98.7 Å². The molecule has 45 heavy (non-hydrogen) atoms. The zero-order valence-electron chi connectivity index (χ0n) is 25.7. The van der Waals surface area contributed by atoms with Crippen molar-refractivity contribution in [3.63, 3.8) is 0 Å². The van der Waals surface area contributed by atoms with E-state index in [9.17, 15) is 18.5 Å². The molecule has 0 bridgehead atoms. The van der Waals surface area contributed by atoms with Crippen LogP contribution < -0.4 is 19.8 Å². The molecule has 9 nitrogen and oxygen atoms in total. The Bertz CT molecular complexity index is 1940. The van der Waals surface area contributed by atoms with Crippen LogP contribution in [0.25, 0.3) is 33.4 Å². The molecule has 11 heteroatoms. The number of furan rings is 1. The van der Waals surface area contributed by atoms with Crippen molar-refractivity contribution in [1.82, 2.24) is 9.29 Å². The quantitative estimate of drug-likeness (QED) is 0.146. The highest BCUT2D eigenvalue weighted by molar-refractivity contribution is 7.77. The molecular weight excluding hydrogens is 599 g/mol. The van der Waals surface area contributed by atoms with E-state index in [1.165, 1.54) is 16.7 Å². The standard InChI is InChI=1S/C34H35FN2O7S/c1-19-12-24(13-20(2)31(19)42-11-10-38)30-17-27-33(44-30)28(18-37(5)34(27)39)26-16-23(8-9-36-45(40)41)6-7-29(26)43-32-21(3)14-25(35)15-22(32)4/h6-7,12-18,36,38H,8-11H2,1-5H3,(H,40,41). The minimum Gasteiger partial charge on any atom is -0.491 e. The number of rotatable bonds is 11. The Kier molecular flexibility index (Phi) is 9.54. The van der Waals surface area contributed by atoms with Crippen LogP contribution in [0.2, 0.25) is 0 Å². The second-order valence-corrected chi connectivity index (χ2v) is 11.8. The van der Waals surface area contributed by atoms with E-state index in [1.807, 2.05) is 38.1 Å². The Balaban J connectivity index is 1.68. The maximum absolute atomic E-state index is 14.1. The normalized spacial score (nSPS) is 12.1. The summed E-state index contributed by atoms with van der Waals surface area (Å²) in [7, 11) is 1.67. The molecule has 236 valence electrons. The smallest absolute Gasteiger partial charge is 0.261 e. The van der Waals surface area contributed by atoms with Crippen molar-refractivity contribution in [2.75, 3.05) is 19.8 Å². The lowest BCUT2D eigenvalue weighted by molar-refractivity contribution is 0.200. The first kappa shape index (κ1) is 32.1. The molecule has 0 aliphatic heterocycles. The van der Waals surface area contributed by atoms with E-state index in [2.05, 4.69) is 4.72 Å². The van der Waals surface area contributed by atoms with E-state index in [0.29, 0.717) is 62.7 Å². The summed E-state index contributed by atoms with van der Waals surface area (Å²) >= 11 is -2.14. The van der Waals surface area contributed by atoms with Gasteiger partial charge in [-0.3, -0.25) is 9.35 Å². The number of nitrogens with zero attached hydrogens (tertiary/aromatic N) is 1. The van der Waals surface area contributed by atoms with Crippen LogP contribution in [0.4, 0.5) is 4.39 Å². The minimum absolute atomic E-state index is 0.0963. The third-order valence-electron chi connectivity index (χ3n) is 7.54. The largest absolute Gasteiger partial charge is 0.491 e. The molecule has 2 heterocycles. The third kappa shape index (κ3) is 6.86. The molecule has 1 atom stereocenters. The van der Waals surface area contributed by atoms with Gasteiger partial charge in [-0.05, 0) is 104 Å². The number of pyridine rings is 1. The zero-order valence-corrected chi connectivity index (χ0v) is 26.5. The van der Waals surface area contributed by atoms with Gasteiger partial charge in [-0.2, -0.15) is 0 Å². The molecule has 0 aliphatic rings. The number of aliphatic hydroxyl groups excluding tert-OH is 1. The summed E-state index contributed by atoms with van der Waals surface area (Å²) in [5, 5.41) is 9.57. The van der Waals surface area contributed by atoms with Crippen LogP contribution >= 0.6 is 0 Å². The second-order valence-electron chi connectivity index (χ2n) is 11.0. The fraction of sp³-hybridized carbons (Fsp3) is 0.265. The van der Waals surface area contributed by atoms with Crippen molar-refractivity contribution < 1.29 is 32.1 Å². The van der Waals surface area contributed by atoms with Crippen molar-refractivity contribution >= 4 is 22.2 Å². The Labute approximate surface area is 262 Å². The van der Waals surface area contributed by atoms with Crippen LogP contribution in [-0.4, -0.2) is 38.2 Å². The number of benzene rings is 3. The van der Waals surface area contributed by atoms with E-state index in [-0.39, 0.29) is 31.1 Å². The van der Waals surface area contributed by atoms with E-state index in [0.717, 1.165) is 22.3 Å². The molecule has 0 amide bonds. The summed E-state index contributed by atoms with van der Waals surface area (Å²) < 4.78 is 57.0. The zero-order chi connectivity index (χ0) is 32.4. The van der Waals surface area contributed by atoms with Gasteiger partial charge in [-0.15, -0.1) is 0 Å². The Morgan fingerprint density at radius 2 is 1.62 bits per heavy atom. The average molecular weight is 635 g/mol. The van der Waals surface area contributed by atoms with E-state index in [4.69, 9.17) is 18.4 Å². The molecule has 0 aliphatic carbocycles. The van der Waals surface area contributed by atoms with Crippen LogP contribution in [0.5, 0.6) is 17.2 Å². The summed E-state index contributed by atoms with van der Waals surface area (Å²) in [4.78, 5) is 13.4. The molecule has 0 spiro atoms. The maximum Gasteiger partial charge on any atom is 0.261 e. The highest BCUT2D eigenvalue weighted by Crippen LogP contribution is 2.41. The topological polar surface area (TPSA) is 123 Å². The molecule has 3 aromatic carbocycles. The van der Waals surface area contributed by atoms with Gasteiger partial charge in [0.1, 0.15) is 41.0 Å². The number of aromatic nitrogens is 1. The van der Waals surface area contributed by atoms with Gasteiger partial charge < -0.3 is 23.6 Å². The molecule has 0 saturated carbocycles. The van der Waals surface area contributed by atoms with E-state index >= 15 is 0 Å². The number of ether oxygens (including phenoxy) is 2. The maximum atomic E-state index is 14.1. The van der Waals surface area contributed by atoms with Gasteiger partial charge in [0.05, 0.1) is 12.0 Å². The Morgan fingerprint density at radius 1 is 0.956 bits per heavy atom. The summed E-state index contributed by atoms with van der Waals surface area (Å²) in [5.74, 6) is 1.80. The molecule has 2 aromatic heterocycles. The summed E-state index contributed by atoms with van der Waals surface area (Å²) in [5.41, 5.74) is 5.94. The monoisotopic (exact) mass is 634 g/mol. The fourth-order valence-electron chi connectivity index (χ4n) is 5.54. The number of hydrogen-bond acceptors (Lipinski definition) is 6. The Morgan fingerprint density at radius 3 is 2.27 bits per heavy atom. The molecule has 5 rings (SSSR count). The average Bonchev–Trinajstić information content (AvgIpc) is 3.43. The molecular formula is C34H35FN2O7S. The number of aliphatic hydroxyl groups is 1. The van der Waals surface area contributed by atoms with Gasteiger partial charge in [-0.1, -0.05) is 6.07 Å². The van der Waals surface area contributed by atoms with Crippen molar-refractivity contribution in [1.29, 1.82) is 0 Å². The SMILES string of the molecule is Cc1cc(-c2cc3c(=O)n(C)cc(-c4cc(CCNS(=O)O)ccc4Oc4c(C)cc(F)cc4C)c3o2)cc(C)c1OCCO. The Hall–Kier alpha value is -4.29. The fourth-order valence-corrected chi connectivity index (χ4v) is 5.81. The van der Waals surface area contributed by atoms with Crippen molar-refractivity contribution in [2.45, 2.75) is 34.1 Å². The van der Waals surface area contributed by atoms with Crippen LogP contribution in [0.1, 0.15) is 27.8 Å². The van der Waals surface area contributed by atoms with Crippen LogP contribution in [0.3, 0.4) is 0 Å². The molecule has 1 unspecified atom stereocenters. The number of hydrogen-bond donors (Lipinski definition) is 3. The van der Waals surface area contributed by atoms with Crippen LogP contribution in [0.15, 0.2) is 63.9 Å². The summed E-state index contributed by atoms with van der Waals surface area (Å²) in [6.07, 6.45) is 2.13. The van der Waals surface area contributed by atoms with E-state index in [1.54, 1.807) is 39.2 Å². The first-order chi connectivity index (χ1) is 21.5. The molecule has 0 fully saturated rings. The van der Waals surface area contributed by atoms with Crippen LogP contribution in [-0.2, 0) is 24.7 Å². The van der Waals surface area contributed by atoms with Crippen molar-refractivity contribution in [2.24, 2.45) is 7.05 Å². The van der Waals surface area contributed by atoms with E-state index < -0.39 is 11.3 Å². The summed E-state index contributed by atoms with van der Waals surface area (Å²) in [6, 6.07) is 13.9. The number of fused-ring (bicyclic) bond motifs is 1. The second kappa shape index (κ2) is 13.4. The van der Waals surface area contributed by atoms with Crippen molar-refractivity contribution in [3.8, 4) is 39.7 Å². The summed E-state index contributed by atoms with van der Waals surface area (Å²) in [6.45, 7) is 7.70. The highest BCUT2D eigenvalue weighted by atomic mass is 32.2. The first-order valence-corrected chi connectivity index (χ1v) is 15.5. The molecule has 3 N–H and O–H groups in total. The predicted octanol–water partition coefficient (Wildman–Crippen LogP) is 6.27. The predicted molar refractivity (Wildman–Crippen MR) is 173 cm³/mol. The minimum atomic E-state index is -2.14. The number of aryl methyl sites for hydroxylation is 5. The van der Waals surface area contributed by atoms with Gasteiger partial charge in [-0.25, -0.2) is 13.3 Å². The van der Waals surface area contributed by atoms with Gasteiger partial charge >= 0.3 is 0 Å². The van der Waals surface area contributed by atoms with Gasteiger partial charge in [0.15, 0.2) is 0 Å². The number of nitrogens with one attached hydrogen (secondary N) is 1. The number of halogens is 1. The van der Waals surface area contributed by atoms with Gasteiger partial charge in [0, 0.05) is 36.5 Å². The first-order valence-electron chi connectivity index (χ1n) is 14.4. The van der Waals surface area contributed by atoms with Crippen LogP contribution in [0, 0.1) is 33.5 Å². The lowest BCUT2D eigenvalue weighted by atomic mass is 10.00. The molecule has 5 aromatic rings. The molecule has 0 saturated heterocycles. The third-order valence-corrected chi connectivity index (χ3v) is 7.99. The lowest BCUT2D eigenvalue weighted by Crippen LogP contribution is -2.19.